The predicted molar refractivity (Wildman–Crippen MR) is 96.1 cm³/mol. The van der Waals surface area contributed by atoms with Crippen LogP contribution in [0.4, 0.5) is 4.39 Å². The smallest absolute Gasteiger partial charge is 0.262 e. The van der Waals surface area contributed by atoms with E-state index in [-0.39, 0.29) is 23.8 Å². The maximum atomic E-state index is 12.9. The molecule has 0 bridgehead atoms. The predicted octanol–water partition coefficient (Wildman–Crippen LogP) is 2.82. The molecule has 2 heterocycles. The molecule has 0 saturated heterocycles. The third-order valence-corrected chi connectivity index (χ3v) is 5.17. The van der Waals surface area contributed by atoms with Gasteiger partial charge in [0.25, 0.3) is 5.56 Å². The summed E-state index contributed by atoms with van der Waals surface area (Å²) < 4.78 is 14.3. The van der Waals surface area contributed by atoms with Gasteiger partial charge in [-0.1, -0.05) is 19.1 Å². The van der Waals surface area contributed by atoms with E-state index >= 15 is 0 Å². The Morgan fingerprint density at radius 3 is 2.72 bits per heavy atom. The Labute approximate surface area is 148 Å². The monoisotopic (exact) mass is 359 g/mol. The van der Waals surface area contributed by atoms with Crippen LogP contribution in [0.3, 0.4) is 0 Å². The molecule has 7 heteroatoms. The van der Waals surface area contributed by atoms with Crippen molar-refractivity contribution in [3.63, 3.8) is 0 Å². The Morgan fingerprint density at radius 1 is 1.32 bits per heavy atom. The van der Waals surface area contributed by atoms with Gasteiger partial charge in [-0.05, 0) is 30.2 Å². The van der Waals surface area contributed by atoms with Crippen molar-refractivity contribution < 1.29 is 9.18 Å². The molecule has 25 heavy (non-hydrogen) atoms. The number of thiophene rings is 1. The van der Waals surface area contributed by atoms with E-state index < -0.39 is 0 Å². The van der Waals surface area contributed by atoms with E-state index in [9.17, 15) is 14.0 Å². The number of carbonyl (C=O) groups excluding carboxylic acids is 1. The minimum Gasteiger partial charge on any atom is -0.340 e. The van der Waals surface area contributed by atoms with Crippen LogP contribution in [-0.2, 0) is 24.3 Å². The molecule has 0 N–H and O–H groups in total. The SMILES string of the molecule is CCc1cc2c(=O)n(CC(=O)N(C)Cc3ccc(F)cc3)cnc2s1. The van der Waals surface area contributed by atoms with Crippen LogP contribution >= 0.6 is 11.3 Å². The number of fused-ring (bicyclic) bond motifs is 1. The van der Waals surface area contributed by atoms with Gasteiger partial charge in [0.2, 0.25) is 5.91 Å². The molecule has 0 aliphatic heterocycles. The first kappa shape index (κ1) is 17.3. The second kappa shape index (κ2) is 7.14. The second-order valence-corrected chi connectivity index (χ2v) is 6.95. The molecular formula is C18H18FN3O2S. The quantitative estimate of drug-likeness (QED) is 0.704. The molecular weight excluding hydrogens is 341 g/mol. The largest absolute Gasteiger partial charge is 0.340 e. The molecule has 130 valence electrons. The van der Waals surface area contributed by atoms with Crippen LogP contribution in [0.5, 0.6) is 0 Å². The summed E-state index contributed by atoms with van der Waals surface area (Å²) in [4.78, 5) is 32.5. The number of likely N-dealkylation sites (N-methyl/N-ethyl adjacent to an activating group) is 1. The summed E-state index contributed by atoms with van der Waals surface area (Å²) in [6.07, 6.45) is 2.27. The number of aromatic nitrogens is 2. The molecule has 0 aliphatic rings. The van der Waals surface area contributed by atoms with Crippen molar-refractivity contribution in [1.82, 2.24) is 14.5 Å². The average molecular weight is 359 g/mol. The molecule has 0 radical (unpaired) electrons. The van der Waals surface area contributed by atoms with Crippen LogP contribution in [0.2, 0.25) is 0 Å². The normalized spacial score (nSPS) is 11.0. The number of aryl methyl sites for hydroxylation is 1. The highest BCUT2D eigenvalue weighted by Gasteiger charge is 2.14. The van der Waals surface area contributed by atoms with E-state index in [1.54, 1.807) is 19.2 Å². The van der Waals surface area contributed by atoms with Gasteiger partial charge in [-0.25, -0.2) is 9.37 Å². The number of rotatable bonds is 5. The average Bonchev–Trinajstić information content (AvgIpc) is 3.03. The summed E-state index contributed by atoms with van der Waals surface area (Å²) in [6.45, 7) is 2.30. The Hall–Kier alpha value is -2.54. The minimum absolute atomic E-state index is 0.0726. The second-order valence-electron chi connectivity index (χ2n) is 5.84. The van der Waals surface area contributed by atoms with Crippen LogP contribution < -0.4 is 5.56 Å². The standard InChI is InChI=1S/C18H18FN3O2S/c1-3-14-8-15-17(25-14)20-11-22(18(15)24)10-16(23)21(2)9-12-4-6-13(19)7-5-12/h4-8,11H,3,9-10H2,1-2H3. The molecule has 3 rings (SSSR count). The molecule has 2 aromatic heterocycles. The highest BCUT2D eigenvalue weighted by Crippen LogP contribution is 2.21. The lowest BCUT2D eigenvalue weighted by Gasteiger charge is -2.17. The first-order valence-electron chi connectivity index (χ1n) is 7.94. The molecule has 1 aromatic carbocycles. The summed E-state index contributed by atoms with van der Waals surface area (Å²) in [7, 11) is 1.66. The summed E-state index contributed by atoms with van der Waals surface area (Å²) in [5, 5.41) is 0.554. The Morgan fingerprint density at radius 2 is 2.04 bits per heavy atom. The van der Waals surface area contributed by atoms with Crippen LogP contribution in [0.1, 0.15) is 17.4 Å². The van der Waals surface area contributed by atoms with Gasteiger partial charge >= 0.3 is 0 Å². The molecule has 0 fully saturated rings. The van der Waals surface area contributed by atoms with Gasteiger partial charge in [0.05, 0.1) is 11.7 Å². The molecule has 0 atom stereocenters. The highest BCUT2D eigenvalue weighted by atomic mass is 32.1. The van der Waals surface area contributed by atoms with Gasteiger partial charge in [0.15, 0.2) is 0 Å². The van der Waals surface area contributed by atoms with Crippen molar-refractivity contribution in [1.29, 1.82) is 0 Å². The number of hydrogen-bond acceptors (Lipinski definition) is 4. The maximum Gasteiger partial charge on any atom is 0.262 e. The van der Waals surface area contributed by atoms with E-state index in [0.29, 0.717) is 16.8 Å². The minimum atomic E-state index is -0.314. The summed E-state index contributed by atoms with van der Waals surface area (Å²) >= 11 is 1.50. The molecule has 0 unspecified atom stereocenters. The zero-order chi connectivity index (χ0) is 18.0. The number of hydrogen-bond donors (Lipinski definition) is 0. The van der Waals surface area contributed by atoms with Gasteiger partial charge in [0.1, 0.15) is 17.2 Å². The zero-order valence-corrected chi connectivity index (χ0v) is 14.8. The topological polar surface area (TPSA) is 55.2 Å². The van der Waals surface area contributed by atoms with Crippen molar-refractivity contribution in [3.05, 3.63) is 63.3 Å². The molecule has 0 spiro atoms. The van der Waals surface area contributed by atoms with Crippen molar-refractivity contribution in [2.24, 2.45) is 0 Å². The van der Waals surface area contributed by atoms with E-state index in [2.05, 4.69) is 4.98 Å². The van der Waals surface area contributed by atoms with Gasteiger partial charge in [-0.3, -0.25) is 14.2 Å². The molecule has 3 aromatic rings. The molecule has 0 saturated carbocycles. The lowest BCUT2D eigenvalue weighted by molar-refractivity contribution is -0.131. The lowest BCUT2D eigenvalue weighted by atomic mass is 10.2. The number of carbonyl (C=O) groups is 1. The number of benzene rings is 1. The van der Waals surface area contributed by atoms with E-state index in [1.807, 2.05) is 13.0 Å². The third kappa shape index (κ3) is 3.76. The first-order chi connectivity index (χ1) is 12.0. The molecule has 5 nitrogen and oxygen atoms in total. The number of nitrogens with zero attached hydrogens (tertiary/aromatic N) is 3. The summed E-state index contributed by atoms with van der Waals surface area (Å²) in [6, 6.07) is 7.83. The third-order valence-electron chi connectivity index (χ3n) is 3.98. The fourth-order valence-electron chi connectivity index (χ4n) is 2.51. The van der Waals surface area contributed by atoms with Crippen LogP contribution in [0.25, 0.3) is 10.2 Å². The van der Waals surface area contributed by atoms with Crippen LogP contribution in [0, 0.1) is 5.82 Å². The molecule has 1 amide bonds. The fraction of sp³-hybridized carbons (Fsp3) is 0.278. The van der Waals surface area contributed by atoms with Crippen molar-refractivity contribution >= 4 is 27.5 Å². The lowest BCUT2D eigenvalue weighted by Crippen LogP contribution is -2.33. The van der Waals surface area contributed by atoms with Crippen LogP contribution in [-0.4, -0.2) is 27.4 Å². The zero-order valence-electron chi connectivity index (χ0n) is 14.0. The number of halogens is 1. The van der Waals surface area contributed by atoms with Crippen molar-refractivity contribution in [2.75, 3.05) is 7.05 Å². The Kier molecular flexibility index (Phi) is 4.94. The van der Waals surface area contributed by atoms with E-state index in [0.717, 1.165) is 16.9 Å². The Balaban J connectivity index is 1.75. The van der Waals surface area contributed by atoms with Crippen LogP contribution in [0.15, 0.2) is 41.5 Å². The number of amides is 1. The fourth-order valence-corrected chi connectivity index (χ4v) is 3.44. The Bertz CT molecular complexity index is 963. The van der Waals surface area contributed by atoms with Gasteiger partial charge < -0.3 is 4.90 Å². The van der Waals surface area contributed by atoms with E-state index in [1.165, 1.54) is 39.3 Å². The maximum absolute atomic E-state index is 12.9. The van der Waals surface area contributed by atoms with Crippen molar-refractivity contribution in [2.45, 2.75) is 26.4 Å². The first-order valence-corrected chi connectivity index (χ1v) is 8.76. The van der Waals surface area contributed by atoms with E-state index in [4.69, 9.17) is 0 Å². The summed E-state index contributed by atoms with van der Waals surface area (Å²) in [5.74, 6) is -0.524. The highest BCUT2D eigenvalue weighted by molar-refractivity contribution is 7.18. The van der Waals surface area contributed by atoms with Gasteiger partial charge in [-0.15, -0.1) is 11.3 Å². The molecule has 0 aliphatic carbocycles. The van der Waals surface area contributed by atoms with Gasteiger partial charge in [-0.2, -0.15) is 0 Å². The van der Waals surface area contributed by atoms with Crippen molar-refractivity contribution in [3.8, 4) is 0 Å². The van der Waals surface area contributed by atoms with Gasteiger partial charge in [0, 0.05) is 18.5 Å². The summed E-state index contributed by atoms with van der Waals surface area (Å²) in [5.41, 5.74) is 0.619.